The quantitative estimate of drug-likeness (QED) is 0.511. The molecule has 0 radical (unpaired) electrons. The van der Waals surface area contributed by atoms with E-state index in [-0.39, 0.29) is 11.5 Å². The van der Waals surface area contributed by atoms with Crippen molar-refractivity contribution in [3.63, 3.8) is 0 Å². The Morgan fingerprint density at radius 3 is 2.58 bits per heavy atom. The molecule has 0 aliphatic carbocycles. The molecule has 0 atom stereocenters. The lowest BCUT2D eigenvalue weighted by Crippen LogP contribution is -2.31. The van der Waals surface area contributed by atoms with Crippen LogP contribution >= 0.6 is 0 Å². The molecule has 3 rings (SSSR count). The number of aromatic nitrogens is 3. The largest absolute Gasteiger partial charge is 0.478 e. The number of nitrogens with one attached hydrogen (secondary N) is 2. The molecule has 3 aromatic rings. The van der Waals surface area contributed by atoms with Gasteiger partial charge in [0, 0.05) is 43.8 Å². The van der Waals surface area contributed by atoms with Gasteiger partial charge in [-0.2, -0.15) is 0 Å². The predicted octanol–water partition coefficient (Wildman–Crippen LogP) is 2.52. The molecule has 2 heterocycles. The Morgan fingerprint density at radius 2 is 1.94 bits per heavy atom. The number of nitrogens with zero attached hydrogens (tertiary/aromatic N) is 4. The number of aryl methyl sites for hydroxylation is 2. The highest BCUT2D eigenvalue weighted by molar-refractivity contribution is 5.95. The predicted molar refractivity (Wildman–Crippen MR) is 119 cm³/mol. The van der Waals surface area contributed by atoms with Gasteiger partial charge in [-0.25, -0.2) is 14.8 Å². The molecule has 0 aliphatic heterocycles. The first-order valence-electron chi connectivity index (χ1n) is 9.78. The molecule has 0 unspecified atom stereocenters. The maximum absolute atomic E-state index is 12.3. The standard InChI is InChI=1S/C22H26N6O3/c1-14-11-15(20(29)23-9-10-27(2)3)5-6-17(14)25-22-24-8-7-18(26-22)19-12-16(21(30)31)13-28(19)4/h5-8,11-13H,9-10H2,1-4H3,(H,23,29)(H,30,31)(H,24,25,26). The number of anilines is 2. The number of likely N-dealkylation sites (N-methyl/N-ethyl adjacent to an activating group) is 1. The molecule has 0 bridgehead atoms. The number of hydrogen-bond donors (Lipinski definition) is 3. The maximum atomic E-state index is 12.3. The molecule has 0 saturated heterocycles. The average Bonchev–Trinajstić information content (AvgIpc) is 3.11. The highest BCUT2D eigenvalue weighted by atomic mass is 16.4. The van der Waals surface area contributed by atoms with Crippen LogP contribution in [0.1, 0.15) is 26.3 Å². The first-order valence-corrected chi connectivity index (χ1v) is 9.78. The summed E-state index contributed by atoms with van der Waals surface area (Å²) >= 11 is 0. The second-order valence-corrected chi connectivity index (χ2v) is 7.51. The minimum atomic E-state index is -0.990. The van der Waals surface area contributed by atoms with Crippen LogP contribution in [0.2, 0.25) is 0 Å². The van der Waals surface area contributed by atoms with Crippen LogP contribution in [0.3, 0.4) is 0 Å². The molecule has 162 valence electrons. The van der Waals surface area contributed by atoms with Gasteiger partial charge >= 0.3 is 5.97 Å². The van der Waals surface area contributed by atoms with Gasteiger partial charge in [-0.05, 0) is 56.9 Å². The Labute approximate surface area is 180 Å². The molecule has 0 fully saturated rings. The summed E-state index contributed by atoms with van der Waals surface area (Å²) in [7, 11) is 5.68. The topological polar surface area (TPSA) is 112 Å². The van der Waals surface area contributed by atoms with Crippen molar-refractivity contribution in [2.45, 2.75) is 6.92 Å². The third kappa shape index (κ3) is 5.46. The Hall–Kier alpha value is -3.72. The normalized spacial score (nSPS) is 10.9. The Kier molecular flexibility index (Phi) is 6.66. The van der Waals surface area contributed by atoms with Crippen LogP contribution < -0.4 is 10.6 Å². The van der Waals surface area contributed by atoms with Crippen LogP contribution in [0.5, 0.6) is 0 Å². The van der Waals surface area contributed by atoms with Gasteiger partial charge in [0.25, 0.3) is 5.91 Å². The summed E-state index contributed by atoms with van der Waals surface area (Å²) in [5.74, 6) is -0.731. The van der Waals surface area contributed by atoms with E-state index >= 15 is 0 Å². The Morgan fingerprint density at radius 1 is 1.16 bits per heavy atom. The van der Waals surface area contributed by atoms with Gasteiger partial charge in [-0.1, -0.05) is 0 Å². The molecule has 31 heavy (non-hydrogen) atoms. The van der Waals surface area contributed by atoms with E-state index in [9.17, 15) is 14.7 Å². The summed E-state index contributed by atoms with van der Waals surface area (Å²) in [6.45, 7) is 3.25. The number of carboxylic acid groups (broad SMARTS) is 1. The summed E-state index contributed by atoms with van der Waals surface area (Å²) < 4.78 is 1.71. The first-order chi connectivity index (χ1) is 14.7. The molecule has 2 aromatic heterocycles. The van der Waals surface area contributed by atoms with Crippen molar-refractivity contribution in [3.05, 3.63) is 59.4 Å². The number of hydrogen-bond acceptors (Lipinski definition) is 6. The zero-order valence-electron chi connectivity index (χ0n) is 18.0. The van der Waals surface area contributed by atoms with Crippen LogP contribution in [0.15, 0.2) is 42.7 Å². The van der Waals surface area contributed by atoms with Gasteiger partial charge in [0.2, 0.25) is 5.95 Å². The van der Waals surface area contributed by atoms with Crippen molar-refractivity contribution >= 4 is 23.5 Å². The van der Waals surface area contributed by atoms with E-state index in [2.05, 4.69) is 20.6 Å². The van der Waals surface area contributed by atoms with E-state index in [1.807, 2.05) is 38.1 Å². The lowest BCUT2D eigenvalue weighted by atomic mass is 10.1. The average molecular weight is 422 g/mol. The SMILES string of the molecule is Cc1cc(C(=O)NCCN(C)C)ccc1Nc1nccc(-c2cc(C(=O)O)cn2C)n1. The van der Waals surface area contributed by atoms with Crippen molar-refractivity contribution < 1.29 is 14.7 Å². The molecule has 1 aromatic carbocycles. The smallest absolute Gasteiger partial charge is 0.337 e. The molecule has 0 spiro atoms. The molecular weight excluding hydrogens is 396 g/mol. The second-order valence-electron chi connectivity index (χ2n) is 7.51. The van der Waals surface area contributed by atoms with Gasteiger partial charge in [-0.3, -0.25) is 4.79 Å². The monoisotopic (exact) mass is 422 g/mol. The number of carbonyl (C=O) groups excluding carboxylic acids is 1. The van der Waals surface area contributed by atoms with Crippen molar-refractivity contribution in [2.75, 3.05) is 32.5 Å². The van der Waals surface area contributed by atoms with Crippen molar-refractivity contribution in [1.29, 1.82) is 0 Å². The van der Waals surface area contributed by atoms with Crippen molar-refractivity contribution in [1.82, 2.24) is 24.8 Å². The first kappa shape index (κ1) is 22.0. The lowest BCUT2D eigenvalue weighted by molar-refractivity contribution is 0.0696. The fourth-order valence-electron chi connectivity index (χ4n) is 3.06. The molecule has 9 nitrogen and oxygen atoms in total. The minimum absolute atomic E-state index is 0.118. The van der Waals surface area contributed by atoms with Crippen LogP contribution in [0.4, 0.5) is 11.6 Å². The molecular formula is C22H26N6O3. The number of carboxylic acids is 1. The summed E-state index contributed by atoms with van der Waals surface area (Å²) in [5, 5.41) is 15.3. The fraction of sp³-hybridized carbons (Fsp3) is 0.273. The van der Waals surface area contributed by atoms with Crippen molar-refractivity contribution in [2.24, 2.45) is 7.05 Å². The number of benzene rings is 1. The van der Waals surface area contributed by atoms with Gasteiger partial charge in [0.05, 0.1) is 17.0 Å². The lowest BCUT2D eigenvalue weighted by Gasteiger charge is -2.12. The van der Waals surface area contributed by atoms with Crippen LogP contribution in [-0.2, 0) is 7.05 Å². The molecule has 0 aliphatic rings. The zero-order chi connectivity index (χ0) is 22.5. The van der Waals surface area contributed by atoms with Crippen LogP contribution in [-0.4, -0.2) is 63.6 Å². The highest BCUT2D eigenvalue weighted by Gasteiger charge is 2.13. The van der Waals surface area contributed by atoms with E-state index in [1.54, 1.807) is 42.2 Å². The summed E-state index contributed by atoms with van der Waals surface area (Å²) in [4.78, 5) is 34.3. The van der Waals surface area contributed by atoms with E-state index in [0.29, 0.717) is 29.4 Å². The van der Waals surface area contributed by atoms with E-state index < -0.39 is 5.97 Å². The van der Waals surface area contributed by atoms with Gasteiger partial charge in [0.15, 0.2) is 0 Å². The fourth-order valence-corrected chi connectivity index (χ4v) is 3.06. The third-order valence-electron chi connectivity index (χ3n) is 4.75. The second kappa shape index (κ2) is 9.40. The molecule has 3 N–H and O–H groups in total. The molecule has 0 saturated carbocycles. The van der Waals surface area contributed by atoms with Gasteiger partial charge in [-0.15, -0.1) is 0 Å². The highest BCUT2D eigenvalue weighted by Crippen LogP contribution is 2.23. The maximum Gasteiger partial charge on any atom is 0.337 e. The third-order valence-corrected chi connectivity index (χ3v) is 4.75. The number of carbonyl (C=O) groups is 2. The number of rotatable bonds is 8. The Balaban J connectivity index is 1.75. The van der Waals surface area contributed by atoms with Crippen LogP contribution in [0, 0.1) is 6.92 Å². The van der Waals surface area contributed by atoms with Crippen LogP contribution in [0.25, 0.3) is 11.4 Å². The number of aromatic carboxylic acids is 1. The van der Waals surface area contributed by atoms with E-state index in [0.717, 1.165) is 17.8 Å². The Bertz CT molecular complexity index is 1110. The van der Waals surface area contributed by atoms with Gasteiger partial charge < -0.3 is 25.2 Å². The summed E-state index contributed by atoms with van der Waals surface area (Å²) in [6.07, 6.45) is 3.15. The van der Waals surface area contributed by atoms with Gasteiger partial charge in [0.1, 0.15) is 0 Å². The minimum Gasteiger partial charge on any atom is -0.478 e. The van der Waals surface area contributed by atoms with E-state index in [4.69, 9.17) is 0 Å². The summed E-state index contributed by atoms with van der Waals surface area (Å²) in [6, 6.07) is 8.68. The number of amides is 1. The molecule has 9 heteroatoms. The summed E-state index contributed by atoms with van der Waals surface area (Å²) in [5.41, 5.74) is 3.70. The zero-order valence-corrected chi connectivity index (χ0v) is 18.0. The van der Waals surface area contributed by atoms with Crippen molar-refractivity contribution in [3.8, 4) is 11.4 Å². The van der Waals surface area contributed by atoms with E-state index in [1.165, 1.54) is 0 Å². The molecule has 1 amide bonds.